The molecule has 0 atom stereocenters. The molecule has 19 heavy (non-hydrogen) atoms. The summed E-state index contributed by atoms with van der Waals surface area (Å²) in [5.74, 6) is 0. The summed E-state index contributed by atoms with van der Waals surface area (Å²) in [5.41, 5.74) is 7.70. The van der Waals surface area contributed by atoms with Gasteiger partial charge in [-0.3, -0.25) is 0 Å². The molecule has 1 aromatic rings. The zero-order valence-corrected chi connectivity index (χ0v) is 13.0. The van der Waals surface area contributed by atoms with Crippen LogP contribution in [0.3, 0.4) is 0 Å². The van der Waals surface area contributed by atoms with Crippen LogP contribution in [0, 0.1) is 6.92 Å². The second-order valence-corrected chi connectivity index (χ2v) is 6.84. The van der Waals surface area contributed by atoms with Crippen LogP contribution in [0.2, 0.25) is 5.02 Å². The fourth-order valence-corrected chi connectivity index (χ4v) is 3.77. The van der Waals surface area contributed by atoms with Crippen LogP contribution in [-0.2, 0) is 10.0 Å². The normalized spacial score (nSPS) is 11.8. The summed E-state index contributed by atoms with van der Waals surface area (Å²) in [7, 11) is -3.66. The van der Waals surface area contributed by atoms with Gasteiger partial charge in [0.15, 0.2) is 0 Å². The summed E-state index contributed by atoms with van der Waals surface area (Å²) >= 11 is 6.04. The molecule has 0 unspecified atom stereocenters. The summed E-state index contributed by atoms with van der Waals surface area (Å²) in [6, 6.07) is 2.98. The van der Waals surface area contributed by atoms with Crippen LogP contribution in [0.1, 0.15) is 19.4 Å². The minimum absolute atomic E-state index is 0.0420. The van der Waals surface area contributed by atoms with E-state index in [1.807, 2.05) is 0 Å². The first-order chi connectivity index (χ1) is 8.70. The van der Waals surface area contributed by atoms with Crippen molar-refractivity contribution in [2.75, 3.05) is 18.8 Å². The molecule has 0 bridgehead atoms. The lowest BCUT2D eigenvalue weighted by Crippen LogP contribution is -2.32. The molecule has 2 N–H and O–H groups in total. The van der Waals surface area contributed by atoms with E-state index in [1.54, 1.807) is 26.8 Å². The van der Waals surface area contributed by atoms with Crippen molar-refractivity contribution >= 4 is 27.3 Å². The van der Waals surface area contributed by atoms with Gasteiger partial charge in [-0.2, -0.15) is 4.31 Å². The Bertz CT molecular complexity index is 597. The second kappa shape index (κ2) is 5.94. The molecule has 106 valence electrons. The molecule has 0 aliphatic carbocycles. The maximum Gasteiger partial charge on any atom is 0.244 e. The molecule has 4 nitrogen and oxygen atoms in total. The summed E-state index contributed by atoms with van der Waals surface area (Å²) in [6.07, 6.45) is 0. The van der Waals surface area contributed by atoms with Crippen molar-refractivity contribution in [1.82, 2.24) is 4.31 Å². The first-order valence-electron chi connectivity index (χ1n) is 5.90. The number of likely N-dealkylation sites (N-methyl/N-ethyl adjacent to an activating group) is 1. The third kappa shape index (κ3) is 3.49. The topological polar surface area (TPSA) is 63.4 Å². The number of halogens is 1. The molecule has 1 rings (SSSR count). The van der Waals surface area contributed by atoms with Gasteiger partial charge in [-0.25, -0.2) is 8.42 Å². The molecular weight excluding hydrogens is 284 g/mol. The SMILES string of the molecule is C=C(C)CN(CC)S(=O)(=O)c1cc(N)c(C)cc1Cl. The Morgan fingerprint density at radius 1 is 1.47 bits per heavy atom. The number of nitrogen functional groups attached to an aromatic ring is 1. The predicted molar refractivity (Wildman–Crippen MR) is 79.8 cm³/mol. The van der Waals surface area contributed by atoms with Gasteiger partial charge in [-0.05, 0) is 31.5 Å². The van der Waals surface area contributed by atoms with Gasteiger partial charge in [-0.15, -0.1) is 0 Å². The van der Waals surface area contributed by atoms with Crippen molar-refractivity contribution in [3.63, 3.8) is 0 Å². The summed E-state index contributed by atoms with van der Waals surface area (Å²) < 4.78 is 26.4. The number of sulfonamides is 1. The number of aryl methyl sites for hydroxylation is 1. The summed E-state index contributed by atoms with van der Waals surface area (Å²) in [5, 5.41) is 0.187. The molecule has 0 aliphatic heterocycles. The van der Waals surface area contributed by atoms with Crippen molar-refractivity contribution in [2.45, 2.75) is 25.7 Å². The van der Waals surface area contributed by atoms with Crippen LogP contribution in [0.25, 0.3) is 0 Å². The van der Waals surface area contributed by atoms with E-state index >= 15 is 0 Å². The third-order valence-electron chi connectivity index (χ3n) is 2.74. The molecule has 0 radical (unpaired) electrons. The lowest BCUT2D eigenvalue weighted by molar-refractivity contribution is 0.453. The molecule has 0 fully saturated rings. The predicted octanol–water partition coefficient (Wildman–Crippen LogP) is 2.82. The zero-order valence-electron chi connectivity index (χ0n) is 11.4. The van der Waals surface area contributed by atoms with E-state index in [9.17, 15) is 8.42 Å². The average Bonchev–Trinajstić information content (AvgIpc) is 2.30. The van der Waals surface area contributed by atoms with Gasteiger partial charge in [0.05, 0.1) is 5.02 Å². The van der Waals surface area contributed by atoms with Crippen molar-refractivity contribution in [3.8, 4) is 0 Å². The zero-order chi connectivity index (χ0) is 14.8. The molecule has 0 saturated heterocycles. The van der Waals surface area contributed by atoms with Crippen LogP contribution in [0.4, 0.5) is 5.69 Å². The highest BCUT2D eigenvalue weighted by atomic mass is 35.5. The van der Waals surface area contributed by atoms with Crippen molar-refractivity contribution in [2.24, 2.45) is 0 Å². The van der Waals surface area contributed by atoms with Crippen LogP contribution < -0.4 is 5.73 Å². The Balaban J connectivity index is 3.33. The van der Waals surface area contributed by atoms with Gasteiger partial charge in [0, 0.05) is 18.8 Å². The van der Waals surface area contributed by atoms with Gasteiger partial charge >= 0.3 is 0 Å². The highest BCUT2D eigenvalue weighted by Crippen LogP contribution is 2.29. The monoisotopic (exact) mass is 302 g/mol. The third-order valence-corrected chi connectivity index (χ3v) is 5.12. The van der Waals surface area contributed by atoms with E-state index in [2.05, 4.69) is 6.58 Å². The largest absolute Gasteiger partial charge is 0.398 e. The number of nitrogens with zero attached hydrogens (tertiary/aromatic N) is 1. The van der Waals surface area contributed by atoms with E-state index in [-0.39, 0.29) is 16.5 Å². The highest BCUT2D eigenvalue weighted by molar-refractivity contribution is 7.89. The molecule has 0 spiro atoms. The molecule has 0 amide bonds. The Morgan fingerprint density at radius 2 is 2.05 bits per heavy atom. The molecule has 1 aromatic carbocycles. The average molecular weight is 303 g/mol. The Labute approximate surface area is 119 Å². The van der Waals surface area contributed by atoms with E-state index in [0.717, 1.165) is 11.1 Å². The van der Waals surface area contributed by atoms with Crippen LogP contribution in [-0.4, -0.2) is 25.8 Å². The maximum atomic E-state index is 12.5. The van der Waals surface area contributed by atoms with E-state index in [0.29, 0.717) is 12.2 Å². The number of hydrogen-bond donors (Lipinski definition) is 1. The maximum absolute atomic E-state index is 12.5. The summed E-state index contributed by atoms with van der Waals surface area (Å²) in [4.78, 5) is 0.0420. The van der Waals surface area contributed by atoms with Crippen LogP contribution in [0.5, 0.6) is 0 Å². The van der Waals surface area contributed by atoms with Crippen molar-refractivity contribution in [3.05, 3.63) is 34.9 Å². The fourth-order valence-electron chi connectivity index (χ4n) is 1.67. The molecule has 0 saturated carbocycles. The lowest BCUT2D eigenvalue weighted by atomic mass is 10.2. The van der Waals surface area contributed by atoms with Gasteiger partial charge in [-0.1, -0.05) is 30.7 Å². The number of rotatable bonds is 5. The molecule has 0 aromatic heterocycles. The van der Waals surface area contributed by atoms with Gasteiger partial charge in [0.2, 0.25) is 10.0 Å². The van der Waals surface area contributed by atoms with E-state index in [4.69, 9.17) is 17.3 Å². The van der Waals surface area contributed by atoms with Gasteiger partial charge in [0.1, 0.15) is 4.90 Å². The first-order valence-corrected chi connectivity index (χ1v) is 7.72. The number of benzene rings is 1. The van der Waals surface area contributed by atoms with Gasteiger partial charge in [0.25, 0.3) is 0 Å². The van der Waals surface area contributed by atoms with Crippen LogP contribution >= 0.6 is 11.6 Å². The molecular formula is C13H19ClN2O2S. The molecule has 6 heteroatoms. The number of anilines is 1. The van der Waals surface area contributed by atoms with Crippen LogP contribution in [0.15, 0.2) is 29.2 Å². The lowest BCUT2D eigenvalue weighted by Gasteiger charge is -2.21. The smallest absolute Gasteiger partial charge is 0.244 e. The Morgan fingerprint density at radius 3 is 2.53 bits per heavy atom. The quantitative estimate of drug-likeness (QED) is 0.672. The number of nitrogens with two attached hydrogens (primary N) is 1. The minimum Gasteiger partial charge on any atom is -0.398 e. The van der Waals surface area contributed by atoms with E-state index < -0.39 is 10.0 Å². The standard InChI is InChI=1S/C13H19ClN2O2S/c1-5-16(8-9(2)3)19(17,18)13-7-12(15)10(4)6-11(13)14/h6-7H,2,5,8,15H2,1,3-4H3. The van der Waals surface area contributed by atoms with Gasteiger partial charge < -0.3 is 5.73 Å². The summed E-state index contributed by atoms with van der Waals surface area (Å²) in [6.45, 7) is 9.69. The Kier molecular flexibility index (Phi) is 5.01. The Hall–Kier alpha value is -1.04. The van der Waals surface area contributed by atoms with Crippen molar-refractivity contribution < 1.29 is 8.42 Å². The highest BCUT2D eigenvalue weighted by Gasteiger charge is 2.26. The fraction of sp³-hybridized carbons (Fsp3) is 0.385. The number of hydrogen-bond acceptors (Lipinski definition) is 3. The van der Waals surface area contributed by atoms with E-state index in [1.165, 1.54) is 10.4 Å². The molecule has 0 aliphatic rings. The minimum atomic E-state index is -3.66. The first kappa shape index (κ1) is 16.0. The van der Waals surface area contributed by atoms with Crippen molar-refractivity contribution in [1.29, 1.82) is 0 Å². The molecule has 0 heterocycles. The second-order valence-electron chi connectivity index (χ2n) is 4.53.